The zero-order chi connectivity index (χ0) is 57.1. The second-order valence-corrected chi connectivity index (χ2v) is 23.1. The third-order valence-electron chi connectivity index (χ3n) is 15.7. The first-order valence-corrected chi connectivity index (χ1v) is 30.8. The summed E-state index contributed by atoms with van der Waals surface area (Å²) < 4.78 is 33.9. The van der Waals surface area contributed by atoms with Crippen molar-refractivity contribution in [2.75, 3.05) is 26.4 Å². The molecule has 0 saturated carbocycles. The van der Waals surface area contributed by atoms with Crippen molar-refractivity contribution < 1.29 is 89.4 Å². The highest BCUT2D eigenvalue weighted by molar-refractivity contribution is 5.76. The number of nitrogens with one attached hydrogen (secondary N) is 1. The monoisotopic (exact) mass is 1120 g/mol. The van der Waals surface area contributed by atoms with Crippen LogP contribution in [0.5, 0.6) is 0 Å². The molecule has 3 rings (SSSR count). The van der Waals surface area contributed by atoms with Crippen molar-refractivity contribution in [1.82, 2.24) is 5.32 Å². The first-order chi connectivity index (χ1) is 37.6. The minimum Gasteiger partial charge on any atom is -0.394 e. The van der Waals surface area contributed by atoms with Gasteiger partial charge in [-0.25, -0.2) is 0 Å². The van der Waals surface area contributed by atoms with Crippen molar-refractivity contribution in [1.29, 1.82) is 0 Å². The molecule has 1 amide bonds. The second kappa shape index (κ2) is 42.4. The van der Waals surface area contributed by atoms with Gasteiger partial charge in [0.1, 0.15) is 73.2 Å². The summed E-state index contributed by atoms with van der Waals surface area (Å²) in [6.07, 6.45) is 14.2. The number of carbonyl (C=O) groups is 1. The summed E-state index contributed by atoms with van der Waals surface area (Å²) in [7, 11) is 0. The molecule has 17 unspecified atom stereocenters. The molecule has 3 aliphatic heterocycles. The molecule has 78 heavy (non-hydrogen) atoms. The van der Waals surface area contributed by atoms with E-state index in [1.54, 1.807) is 6.08 Å². The highest BCUT2D eigenvalue weighted by Gasteiger charge is 2.49. The molecular weight excluding hydrogens is 1010 g/mol. The highest BCUT2D eigenvalue weighted by Crippen LogP contribution is 2.29. The summed E-state index contributed by atoms with van der Waals surface area (Å²) in [6.45, 7) is 4.52. The van der Waals surface area contributed by atoms with Gasteiger partial charge in [0.25, 0.3) is 0 Å². The molecule has 0 aromatic rings. The predicted octanol–water partition coefficient (Wildman–Crippen LogP) is 5.62. The van der Waals surface area contributed by atoms with Crippen molar-refractivity contribution in [3.63, 3.8) is 0 Å². The summed E-state index contributed by atoms with van der Waals surface area (Å²) in [6, 6.07) is -0.968. The predicted molar refractivity (Wildman–Crippen MR) is 296 cm³/mol. The summed E-state index contributed by atoms with van der Waals surface area (Å²) in [5.41, 5.74) is 0. The van der Waals surface area contributed by atoms with Crippen LogP contribution in [0.4, 0.5) is 0 Å². The molecule has 3 saturated heterocycles. The van der Waals surface area contributed by atoms with Gasteiger partial charge in [0.15, 0.2) is 18.9 Å². The Bertz CT molecular complexity index is 1500. The fourth-order valence-corrected chi connectivity index (χ4v) is 10.5. The lowest BCUT2D eigenvalue weighted by atomic mass is 9.98. The topological polar surface area (TPSA) is 307 Å². The van der Waals surface area contributed by atoms with E-state index in [2.05, 4.69) is 26.1 Å². The Hall–Kier alpha value is -1.47. The van der Waals surface area contributed by atoms with Crippen LogP contribution >= 0.6 is 0 Å². The zero-order valence-electron chi connectivity index (χ0n) is 48.1. The number of aliphatic hydroxyl groups excluding tert-OH is 11. The van der Waals surface area contributed by atoms with Crippen LogP contribution in [0.2, 0.25) is 0 Å². The molecule has 3 aliphatic rings. The fourth-order valence-electron chi connectivity index (χ4n) is 10.5. The largest absolute Gasteiger partial charge is 0.394 e. The van der Waals surface area contributed by atoms with Crippen LogP contribution in [-0.4, -0.2) is 193 Å². The van der Waals surface area contributed by atoms with E-state index < -0.39 is 124 Å². The zero-order valence-corrected chi connectivity index (χ0v) is 48.1. The van der Waals surface area contributed by atoms with E-state index in [-0.39, 0.29) is 18.9 Å². The van der Waals surface area contributed by atoms with Crippen molar-refractivity contribution >= 4 is 5.91 Å². The molecule has 3 heterocycles. The molecule has 0 bridgehead atoms. The summed E-state index contributed by atoms with van der Waals surface area (Å²) in [5, 5.41) is 119. The molecule has 0 aromatic heterocycles. The van der Waals surface area contributed by atoms with Crippen LogP contribution in [0.3, 0.4) is 0 Å². The molecule has 12 N–H and O–H groups in total. The molecule has 19 heteroatoms. The second-order valence-electron chi connectivity index (χ2n) is 23.1. The number of allylic oxidation sites excluding steroid dienone is 1. The smallest absolute Gasteiger partial charge is 0.220 e. The number of hydrogen-bond donors (Lipinski definition) is 12. The van der Waals surface area contributed by atoms with Crippen LogP contribution in [0.25, 0.3) is 0 Å². The van der Waals surface area contributed by atoms with Crippen LogP contribution in [0.15, 0.2) is 12.2 Å². The minimum atomic E-state index is -1.85. The van der Waals surface area contributed by atoms with Gasteiger partial charge in [0, 0.05) is 6.42 Å². The lowest BCUT2D eigenvalue weighted by molar-refractivity contribution is -0.342. The van der Waals surface area contributed by atoms with Crippen LogP contribution in [0.1, 0.15) is 220 Å². The van der Waals surface area contributed by atoms with Crippen molar-refractivity contribution in [3.8, 4) is 0 Å². The normalized spacial score (nSPS) is 30.6. The number of rotatable bonds is 45. The first-order valence-electron chi connectivity index (χ1n) is 30.8. The maximum atomic E-state index is 13.3. The quantitative estimate of drug-likeness (QED) is 0.0260. The van der Waals surface area contributed by atoms with Crippen LogP contribution in [0, 0.1) is 5.92 Å². The molecule has 0 aromatic carbocycles. The Balaban J connectivity index is 1.48. The molecule has 17 atom stereocenters. The Morgan fingerprint density at radius 2 is 0.833 bits per heavy atom. The van der Waals surface area contributed by atoms with E-state index in [0.29, 0.717) is 6.42 Å². The van der Waals surface area contributed by atoms with E-state index in [1.807, 2.05) is 6.08 Å². The van der Waals surface area contributed by atoms with Crippen molar-refractivity contribution in [3.05, 3.63) is 12.2 Å². The number of carbonyl (C=O) groups excluding carboxylic acids is 1. The van der Waals surface area contributed by atoms with Gasteiger partial charge in [0.05, 0.1) is 38.6 Å². The van der Waals surface area contributed by atoms with E-state index >= 15 is 0 Å². The Morgan fingerprint density at radius 3 is 1.24 bits per heavy atom. The number of aliphatic hydroxyl groups is 11. The van der Waals surface area contributed by atoms with Gasteiger partial charge in [-0.3, -0.25) is 4.79 Å². The SMILES string of the molecule is CCCCCCCCCCCCCCCCCCCCCC(=O)NC(COC1OC(COC2OC(COC3OC(CO)C(O)C(O)C3O)C(O)C(O)C2O)C(O)C(O)C1O)C(O)C=CCCCCCCCCCCCC(C)C. The summed E-state index contributed by atoms with van der Waals surface area (Å²) in [4.78, 5) is 13.3. The number of unbranched alkanes of at least 4 members (excludes halogenated alkanes) is 27. The third kappa shape index (κ3) is 27.7. The van der Waals surface area contributed by atoms with Gasteiger partial charge >= 0.3 is 0 Å². The Kier molecular flexibility index (Phi) is 38.4. The van der Waals surface area contributed by atoms with Crippen LogP contribution < -0.4 is 5.32 Å². The minimum absolute atomic E-state index is 0.248. The number of hydrogen-bond acceptors (Lipinski definition) is 18. The first kappa shape index (κ1) is 70.8. The van der Waals surface area contributed by atoms with Gasteiger partial charge in [-0.2, -0.15) is 0 Å². The van der Waals surface area contributed by atoms with Gasteiger partial charge < -0.3 is 89.9 Å². The third-order valence-corrected chi connectivity index (χ3v) is 15.7. The molecule has 0 radical (unpaired) electrons. The average molecular weight is 1120 g/mol. The maximum absolute atomic E-state index is 13.3. The van der Waals surface area contributed by atoms with E-state index in [4.69, 9.17) is 28.4 Å². The van der Waals surface area contributed by atoms with E-state index in [9.17, 15) is 61.0 Å². The van der Waals surface area contributed by atoms with Gasteiger partial charge in [-0.15, -0.1) is 0 Å². The number of ether oxygens (including phenoxy) is 6. The van der Waals surface area contributed by atoms with E-state index in [1.165, 1.54) is 141 Å². The highest BCUT2D eigenvalue weighted by atomic mass is 16.7. The lowest BCUT2D eigenvalue weighted by Gasteiger charge is -2.44. The molecule has 0 aliphatic carbocycles. The van der Waals surface area contributed by atoms with Gasteiger partial charge in [-0.1, -0.05) is 206 Å². The Morgan fingerprint density at radius 1 is 0.474 bits per heavy atom. The number of amides is 1. The average Bonchev–Trinajstić information content (AvgIpc) is 3.43. The summed E-state index contributed by atoms with van der Waals surface area (Å²) >= 11 is 0. The maximum Gasteiger partial charge on any atom is 0.220 e. The van der Waals surface area contributed by atoms with Crippen molar-refractivity contribution in [2.24, 2.45) is 5.92 Å². The summed E-state index contributed by atoms with van der Waals surface area (Å²) in [5.74, 6) is 0.489. The lowest BCUT2D eigenvalue weighted by Crippen LogP contribution is -2.63. The van der Waals surface area contributed by atoms with Crippen molar-refractivity contribution in [2.45, 2.75) is 324 Å². The standard InChI is InChI=1S/C59H111NO18/c1-4-5-6-7-8-9-10-11-12-13-14-15-16-17-21-24-27-30-33-36-47(63)60-42(43(62)35-32-29-26-23-20-18-19-22-25-28-31-34-41(2)3)38-73-57-55(71)52(68)49(65)45(77-57)40-75-59-56(72)53(69)50(66)46(78-59)39-74-58-54(70)51(67)48(64)44(37-61)76-58/h32,35,41-46,48-59,61-62,64-72H,4-31,33-34,36-40H2,1-3H3,(H,60,63). The molecule has 0 spiro atoms. The fraction of sp³-hybridized carbons (Fsp3) is 0.949. The molecular formula is C59H111NO18. The molecule has 460 valence electrons. The Labute approximate surface area is 467 Å². The van der Waals surface area contributed by atoms with Gasteiger partial charge in [-0.05, 0) is 25.2 Å². The van der Waals surface area contributed by atoms with E-state index in [0.717, 1.165) is 50.9 Å². The van der Waals surface area contributed by atoms with Gasteiger partial charge in [0.2, 0.25) is 5.91 Å². The van der Waals surface area contributed by atoms with Crippen LogP contribution in [-0.2, 0) is 33.2 Å². The molecule has 19 nitrogen and oxygen atoms in total. The molecule has 3 fully saturated rings.